The molecule has 0 aliphatic rings. The van der Waals surface area contributed by atoms with Crippen LogP contribution in [-0.4, -0.2) is 12.5 Å². The van der Waals surface area contributed by atoms with Crippen LogP contribution in [0.2, 0.25) is 0 Å². The molecule has 1 aromatic heterocycles. The number of carbonyl (C=O) groups is 1. The molecule has 0 aliphatic carbocycles. The molecule has 0 fully saturated rings. The Balaban J connectivity index is 2.19. The maximum absolute atomic E-state index is 11.8. The molecule has 1 amide bonds. The zero-order valence-electron chi connectivity index (χ0n) is 9.63. The van der Waals surface area contributed by atoms with Crippen molar-refractivity contribution in [2.75, 3.05) is 6.54 Å². The monoisotopic (exact) mass is 295 g/mol. The van der Waals surface area contributed by atoms with E-state index in [4.69, 9.17) is 4.42 Å². The van der Waals surface area contributed by atoms with Gasteiger partial charge in [-0.3, -0.25) is 4.79 Å². The van der Waals surface area contributed by atoms with Crippen molar-refractivity contribution >= 4 is 32.8 Å². The van der Waals surface area contributed by atoms with E-state index in [1.54, 1.807) is 6.07 Å². The second-order valence-electron chi connectivity index (χ2n) is 3.88. The van der Waals surface area contributed by atoms with E-state index in [1.165, 1.54) is 0 Å². The van der Waals surface area contributed by atoms with Crippen molar-refractivity contribution in [1.82, 2.24) is 5.32 Å². The number of rotatable bonds is 4. The summed E-state index contributed by atoms with van der Waals surface area (Å²) in [4.78, 5) is 11.8. The molecule has 0 saturated heterocycles. The van der Waals surface area contributed by atoms with Crippen LogP contribution in [0.5, 0.6) is 0 Å². The third kappa shape index (κ3) is 2.69. The van der Waals surface area contributed by atoms with Gasteiger partial charge in [0, 0.05) is 11.9 Å². The first-order valence-electron chi connectivity index (χ1n) is 5.68. The van der Waals surface area contributed by atoms with Gasteiger partial charge in [-0.1, -0.05) is 25.5 Å². The highest BCUT2D eigenvalue weighted by molar-refractivity contribution is 9.10. The van der Waals surface area contributed by atoms with Gasteiger partial charge >= 0.3 is 0 Å². The minimum Gasteiger partial charge on any atom is -0.450 e. The van der Waals surface area contributed by atoms with Gasteiger partial charge in [-0.05, 0) is 34.5 Å². The summed E-state index contributed by atoms with van der Waals surface area (Å²) in [6.45, 7) is 2.78. The normalized spacial score (nSPS) is 10.7. The zero-order valence-corrected chi connectivity index (χ0v) is 11.2. The molecule has 1 N–H and O–H groups in total. The molecule has 3 nitrogen and oxygen atoms in total. The molecule has 0 bridgehead atoms. The third-order valence-electron chi connectivity index (χ3n) is 2.54. The standard InChI is InChI=1S/C13H14BrNO2/c1-2-3-7-15-13(16)11-8-9-5-4-6-10(14)12(9)17-11/h4-6,8H,2-3,7H2,1H3,(H,15,16). The number of para-hydroxylation sites is 1. The molecule has 4 heteroatoms. The summed E-state index contributed by atoms with van der Waals surface area (Å²) in [5, 5.41) is 3.76. The van der Waals surface area contributed by atoms with Gasteiger partial charge < -0.3 is 9.73 Å². The fourth-order valence-electron chi connectivity index (χ4n) is 1.61. The predicted molar refractivity (Wildman–Crippen MR) is 71.2 cm³/mol. The minimum atomic E-state index is -0.151. The lowest BCUT2D eigenvalue weighted by Gasteiger charge is -2.00. The highest BCUT2D eigenvalue weighted by Gasteiger charge is 2.12. The Morgan fingerprint density at radius 1 is 1.47 bits per heavy atom. The maximum Gasteiger partial charge on any atom is 0.287 e. The molecule has 2 rings (SSSR count). The summed E-state index contributed by atoms with van der Waals surface area (Å²) in [5.74, 6) is 0.213. The molecular weight excluding hydrogens is 282 g/mol. The molecule has 1 heterocycles. The van der Waals surface area contributed by atoms with E-state index in [9.17, 15) is 4.79 Å². The Hall–Kier alpha value is -1.29. The average Bonchev–Trinajstić information content (AvgIpc) is 2.75. The maximum atomic E-state index is 11.8. The van der Waals surface area contributed by atoms with Crippen LogP contribution in [0.1, 0.15) is 30.3 Å². The second-order valence-corrected chi connectivity index (χ2v) is 4.73. The second kappa shape index (κ2) is 5.36. The molecule has 0 atom stereocenters. The summed E-state index contributed by atoms with van der Waals surface area (Å²) in [6, 6.07) is 7.50. The van der Waals surface area contributed by atoms with E-state index in [-0.39, 0.29) is 5.91 Å². The highest BCUT2D eigenvalue weighted by atomic mass is 79.9. The van der Waals surface area contributed by atoms with E-state index in [2.05, 4.69) is 28.2 Å². The average molecular weight is 296 g/mol. The number of halogens is 1. The topological polar surface area (TPSA) is 42.2 Å². The van der Waals surface area contributed by atoms with Crippen molar-refractivity contribution in [2.45, 2.75) is 19.8 Å². The molecule has 0 unspecified atom stereocenters. The Labute approximate surface area is 108 Å². The summed E-state index contributed by atoms with van der Waals surface area (Å²) >= 11 is 3.40. The summed E-state index contributed by atoms with van der Waals surface area (Å²) in [7, 11) is 0. The van der Waals surface area contributed by atoms with Gasteiger partial charge in [0.2, 0.25) is 0 Å². The zero-order chi connectivity index (χ0) is 12.3. The first kappa shape index (κ1) is 12.2. The largest absolute Gasteiger partial charge is 0.450 e. The number of nitrogens with one attached hydrogen (secondary N) is 1. The number of fused-ring (bicyclic) bond motifs is 1. The Morgan fingerprint density at radius 3 is 3.00 bits per heavy atom. The predicted octanol–water partition coefficient (Wildman–Crippen LogP) is 3.73. The van der Waals surface area contributed by atoms with Crippen molar-refractivity contribution in [3.63, 3.8) is 0 Å². The number of amides is 1. The lowest BCUT2D eigenvalue weighted by atomic mass is 10.2. The molecule has 2 aromatic rings. The smallest absolute Gasteiger partial charge is 0.287 e. The summed E-state index contributed by atoms with van der Waals surface area (Å²) in [6.07, 6.45) is 2.04. The molecular formula is C13H14BrNO2. The van der Waals surface area contributed by atoms with Crippen molar-refractivity contribution in [1.29, 1.82) is 0 Å². The fourth-order valence-corrected chi connectivity index (χ4v) is 2.07. The summed E-state index contributed by atoms with van der Waals surface area (Å²) < 4.78 is 6.40. The van der Waals surface area contributed by atoms with Crippen molar-refractivity contribution in [3.05, 3.63) is 34.5 Å². The Kier molecular flexibility index (Phi) is 3.84. The minimum absolute atomic E-state index is 0.151. The summed E-state index contributed by atoms with van der Waals surface area (Å²) in [5.41, 5.74) is 0.716. The number of hydrogen-bond acceptors (Lipinski definition) is 2. The van der Waals surface area contributed by atoms with E-state index in [0.717, 1.165) is 22.7 Å². The Morgan fingerprint density at radius 2 is 2.29 bits per heavy atom. The molecule has 1 aromatic carbocycles. The van der Waals surface area contributed by atoms with E-state index in [1.807, 2.05) is 18.2 Å². The number of hydrogen-bond donors (Lipinski definition) is 1. The van der Waals surface area contributed by atoms with Crippen LogP contribution >= 0.6 is 15.9 Å². The lowest BCUT2D eigenvalue weighted by molar-refractivity contribution is 0.0927. The van der Waals surface area contributed by atoms with Gasteiger partial charge in [0.15, 0.2) is 5.76 Å². The van der Waals surface area contributed by atoms with Gasteiger partial charge in [-0.25, -0.2) is 0 Å². The van der Waals surface area contributed by atoms with Gasteiger partial charge in [0.25, 0.3) is 5.91 Å². The number of carbonyl (C=O) groups excluding carboxylic acids is 1. The number of furan rings is 1. The van der Waals surface area contributed by atoms with Crippen molar-refractivity contribution < 1.29 is 9.21 Å². The number of benzene rings is 1. The van der Waals surface area contributed by atoms with Gasteiger partial charge in [-0.2, -0.15) is 0 Å². The number of unbranched alkanes of at least 4 members (excludes halogenated alkanes) is 1. The van der Waals surface area contributed by atoms with Gasteiger partial charge in [-0.15, -0.1) is 0 Å². The van der Waals surface area contributed by atoms with Crippen LogP contribution < -0.4 is 5.32 Å². The molecule has 0 spiro atoms. The molecule has 17 heavy (non-hydrogen) atoms. The highest BCUT2D eigenvalue weighted by Crippen LogP contribution is 2.26. The van der Waals surface area contributed by atoms with Crippen LogP contribution in [0, 0.1) is 0 Å². The fraction of sp³-hybridized carbons (Fsp3) is 0.308. The van der Waals surface area contributed by atoms with Crippen LogP contribution in [0.25, 0.3) is 11.0 Å². The molecule has 0 radical (unpaired) electrons. The van der Waals surface area contributed by atoms with Gasteiger partial charge in [0.1, 0.15) is 5.58 Å². The van der Waals surface area contributed by atoms with Crippen LogP contribution in [0.15, 0.2) is 33.2 Å². The molecule has 90 valence electrons. The van der Waals surface area contributed by atoms with E-state index >= 15 is 0 Å². The van der Waals surface area contributed by atoms with Gasteiger partial charge in [0.05, 0.1) is 4.47 Å². The molecule has 0 aliphatic heterocycles. The quantitative estimate of drug-likeness (QED) is 0.874. The van der Waals surface area contributed by atoms with Crippen molar-refractivity contribution in [3.8, 4) is 0 Å². The van der Waals surface area contributed by atoms with E-state index < -0.39 is 0 Å². The first-order chi connectivity index (χ1) is 8.22. The van der Waals surface area contributed by atoms with Crippen LogP contribution in [0.3, 0.4) is 0 Å². The van der Waals surface area contributed by atoms with E-state index in [0.29, 0.717) is 17.9 Å². The molecule has 0 saturated carbocycles. The van der Waals surface area contributed by atoms with Crippen molar-refractivity contribution in [2.24, 2.45) is 0 Å². The first-order valence-corrected chi connectivity index (χ1v) is 6.48. The Bertz CT molecular complexity index is 533. The lowest BCUT2D eigenvalue weighted by Crippen LogP contribution is -2.23. The SMILES string of the molecule is CCCCNC(=O)c1cc2cccc(Br)c2o1. The van der Waals surface area contributed by atoms with Crippen LogP contribution in [-0.2, 0) is 0 Å². The third-order valence-corrected chi connectivity index (χ3v) is 3.16. The van der Waals surface area contributed by atoms with Crippen LogP contribution in [0.4, 0.5) is 0 Å².